The Balaban J connectivity index is 4.37. The molecule has 0 saturated heterocycles. The van der Waals surface area contributed by atoms with Crippen molar-refractivity contribution < 1.29 is 14.7 Å². The van der Waals surface area contributed by atoms with Crippen LogP contribution in [0.3, 0.4) is 0 Å². The van der Waals surface area contributed by atoms with Crippen molar-refractivity contribution in [1.82, 2.24) is 10.6 Å². The molecule has 0 radical (unpaired) electrons. The summed E-state index contributed by atoms with van der Waals surface area (Å²) in [5, 5.41) is 14.3. The van der Waals surface area contributed by atoms with Gasteiger partial charge in [0.25, 0.3) is 0 Å². The van der Waals surface area contributed by atoms with Gasteiger partial charge in [-0.25, -0.2) is 9.59 Å². The molecule has 0 aromatic carbocycles. The third kappa shape index (κ3) is 5.56. The molecule has 3 N–H and O–H groups in total. The Kier molecular flexibility index (Phi) is 6.61. The van der Waals surface area contributed by atoms with Crippen LogP contribution in [0.25, 0.3) is 0 Å². The van der Waals surface area contributed by atoms with Gasteiger partial charge < -0.3 is 15.7 Å². The quantitative estimate of drug-likeness (QED) is 0.667. The number of carboxylic acid groups (broad SMARTS) is 1. The van der Waals surface area contributed by atoms with E-state index in [-0.39, 0.29) is 12.0 Å². The van der Waals surface area contributed by atoms with Crippen LogP contribution in [0, 0.1) is 11.8 Å². The summed E-state index contributed by atoms with van der Waals surface area (Å²) in [5.41, 5.74) is 0. The summed E-state index contributed by atoms with van der Waals surface area (Å²) in [6.45, 7) is 9.59. The number of nitrogens with one attached hydrogen (secondary N) is 2. The van der Waals surface area contributed by atoms with Gasteiger partial charge in [-0.3, -0.25) is 0 Å². The molecule has 0 aromatic heterocycles. The van der Waals surface area contributed by atoms with Gasteiger partial charge in [0.05, 0.1) is 0 Å². The fraction of sp³-hybridized carbons (Fsp3) is 0.833. The number of hydrogen-bond acceptors (Lipinski definition) is 2. The zero-order valence-electron chi connectivity index (χ0n) is 11.3. The van der Waals surface area contributed by atoms with Gasteiger partial charge in [-0.15, -0.1) is 0 Å². The number of carbonyl (C=O) groups excluding carboxylic acids is 1. The van der Waals surface area contributed by atoms with Crippen molar-refractivity contribution in [2.24, 2.45) is 11.8 Å². The number of hydrogen-bond donors (Lipinski definition) is 3. The number of aliphatic carboxylic acids is 1. The normalized spacial score (nSPS) is 16.1. The molecule has 0 aliphatic carbocycles. The van der Waals surface area contributed by atoms with Gasteiger partial charge in [0, 0.05) is 6.04 Å². The van der Waals surface area contributed by atoms with E-state index < -0.39 is 18.0 Å². The average Bonchev–Trinajstić information content (AvgIpc) is 2.24. The standard InChI is InChI=1S/C12H24N2O3/c1-6-8(4)10(11(15)16)14-12(17)13-9(5)7(2)3/h7-10H,6H2,1-5H3,(H,15,16)(H2,13,14,17)/t8?,9?,10-/m0/s1. The maximum absolute atomic E-state index is 11.6. The van der Waals surface area contributed by atoms with Crippen LogP contribution in [0.4, 0.5) is 4.79 Å². The van der Waals surface area contributed by atoms with E-state index in [1.54, 1.807) is 0 Å². The van der Waals surface area contributed by atoms with E-state index in [0.717, 1.165) is 0 Å². The molecule has 5 nitrogen and oxygen atoms in total. The third-order valence-electron chi connectivity index (χ3n) is 3.12. The molecule has 5 heteroatoms. The fourth-order valence-corrected chi connectivity index (χ4v) is 1.24. The molecule has 0 rings (SSSR count). The maximum Gasteiger partial charge on any atom is 0.326 e. The second-order valence-electron chi connectivity index (χ2n) is 4.85. The summed E-state index contributed by atoms with van der Waals surface area (Å²) >= 11 is 0. The fourth-order valence-electron chi connectivity index (χ4n) is 1.24. The van der Waals surface area contributed by atoms with Gasteiger partial charge in [0.2, 0.25) is 0 Å². The molecule has 0 heterocycles. The Morgan fingerprint density at radius 2 is 1.65 bits per heavy atom. The summed E-state index contributed by atoms with van der Waals surface area (Å²) in [6, 6.07) is -1.24. The molecule has 0 aromatic rings. The molecule has 2 amide bonds. The summed E-state index contributed by atoms with van der Waals surface area (Å²) < 4.78 is 0. The van der Waals surface area contributed by atoms with E-state index >= 15 is 0 Å². The van der Waals surface area contributed by atoms with Crippen molar-refractivity contribution in [3.63, 3.8) is 0 Å². The molecular formula is C12H24N2O3. The van der Waals surface area contributed by atoms with Crippen LogP contribution in [0.5, 0.6) is 0 Å². The first-order valence-corrected chi connectivity index (χ1v) is 6.09. The van der Waals surface area contributed by atoms with E-state index in [4.69, 9.17) is 5.11 Å². The zero-order chi connectivity index (χ0) is 13.6. The van der Waals surface area contributed by atoms with Crippen LogP contribution >= 0.6 is 0 Å². The first-order valence-electron chi connectivity index (χ1n) is 6.09. The minimum atomic E-state index is -0.994. The molecule has 2 unspecified atom stereocenters. The lowest BCUT2D eigenvalue weighted by Crippen LogP contribution is -2.51. The average molecular weight is 244 g/mol. The summed E-state index contributed by atoms with van der Waals surface area (Å²) in [7, 11) is 0. The van der Waals surface area contributed by atoms with Gasteiger partial charge in [-0.2, -0.15) is 0 Å². The molecule has 17 heavy (non-hydrogen) atoms. The molecule has 0 aliphatic rings. The molecule has 3 atom stereocenters. The highest BCUT2D eigenvalue weighted by Gasteiger charge is 2.25. The first kappa shape index (κ1) is 15.7. The topological polar surface area (TPSA) is 78.4 Å². The highest BCUT2D eigenvalue weighted by Crippen LogP contribution is 2.08. The highest BCUT2D eigenvalue weighted by molar-refractivity contribution is 5.82. The number of urea groups is 1. The van der Waals surface area contributed by atoms with Crippen molar-refractivity contribution in [2.45, 2.75) is 53.1 Å². The molecule has 0 spiro atoms. The Morgan fingerprint density at radius 3 is 2.00 bits per heavy atom. The van der Waals surface area contributed by atoms with Crippen molar-refractivity contribution >= 4 is 12.0 Å². The molecule has 0 saturated carbocycles. The number of carbonyl (C=O) groups is 2. The Morgan fingerprint density at radius 1 is 1.12 bits per heavy atom. The minimum Gasteiger partial charge on any atom is -0.480 e. The van der Waals surface area contributed by atoms with E-state index in [9.17, 15) is 9.59 Å². The number of carboxylic acids is 1. The maximum atomic E-state index is 11.6. The van der Waals surface area contributed by atoms with Gasteiger partial charge in [0.15, 0.2) is 0 Å². The van der Waals surface area contributed by atoms with Crippen LogP contribution in [0.1, 0.15) is 41.0 Å². The van der Waals surface area contributed by atoms with E-state index in [1.165, 1.54) is 0 Å². The van der Waals surface area contributed by atoms with E-state index in [1.807, 2.05) is 34.6 Å². The van der Waals surface area contributed by atoms with Crippen LogP contribution in [0.15, 0.2) is 0 Å². The van der Waals surface area contributed by atoms with Crippen LogP contribution < -0.4 is 10.6 Å². The van der Waals surface area contributed by atoms with Crippen molar-refractivity contribution in [1.29, 1.82) is 0 Å². The molecule has 0 bridgehead atoms. The van der Waals surface area contributed by atoms with E-state index in [2.05, 4.69) is 10.6 Å². The van der Waals surface area contributed by atoms with Gasteiger partial charge in [0.1, 0.15) is 6.04 Å². The molecule has 100 valence electrons. The third-order valence-corrected chi connectivity index (χ3v) is 3.12. The summed E-state index contributed by atoms with van der Waals surface area (Å²) in [5.74, 6) is -0.771. The lowest BCUT2D eigenvalue weighted by atomic mass is 9.99. The smallest absolute Gasteiger partial charge is 0.326 e. The zero-order valence-corrected chi connectivity index (χ0v) is 11.3. The second kappa shape index (κ2) is 7.14. The van der Waals surface area contributed by atoms with Crippen LogP contribution in [-0.4, -0.2) is 29.2 Å². The summed E-state index contributed by atoms with van der Waals surface area (Å²) in [4.78, 5) is 22.6. The van der Waals surface area contributed by atoms with Crippen molar-refractivity contribution in [2.75, 3.05) is 0 Å². The number of amides is 2. The Hall–Kier alpha value is -1.26. The Bertz CT molecular complexity index is 266. The molecule has 0 aliphatic heterocycles. The van der Waals surface area contributed by atoms with Crippen LogP contribution in [0.2, 0.25) is 0 Å². The van der Waals surface area contributed by atoms with Crippen molar-refractivity contribution in [3.8, 4) is 0 Å². The summed E-state index contributed by atoms with van der Waals surface area (Å²) in [6.07, 6.45) is 0.705. The monoisotopic (exact) mass is 244 g/mol. The van der Waals surface area contributed by atoms with E-state index in [0.29, 0.717) is 12.3 Å². The van der Waals surface area contributed by atoms with Gasteiger partial charge >= 0.3 is 12.0 Å². The van der Waals surface area contributed by atoms with Crippen molar-refractivity contribution in [3.05, 3.63) is 0 Å². The second-order valence-corrected chi connectivity index (χ2v) is 4.85. The van der Waals surface area contributed by atoms with Crippen LogP contribution in [-0.2, 0) is 4.79 Å². The lowest BCUT2D eigenvalue weighted by molar-refractivity contribution is -0.140. The predicted molar refractivity (Wildman–Crippen MR) is 66.8 cm³/mol. The largest absolute Gasteiger partial charge is 0.480 e. The molecular weight excluding hydrogens is 220 g/mol. The SMILES string of the molecule is CCC(C)[C@H](NC(=O)NC(C)C(C)C)C(=O)O. The Labute approximate surface area is 103 Å². The molecule has 0 fully saturated rings. The van der Waals surface area contributed by atoms with Gasteiger partial charge in [-0.1, -0.05) is 34.1 Å². The minimum absolute atomic E-state index is 0.0152. The lowest BCUT2D eigenvalue weighted by Gasteiger charge is -2.23. The predicted octanol–water partition coefficient (Wildman–Crippen LogP) is 1.83. The highest BCUT2D eigenvalue weighted by atomic mass is 16.4. The van der Waals surface area contributed by atoms with Gasteiger partial charge in [-0.05, 0) is 18.8 Å². The number of rotatable bonds is 6. The first-order chi connectivity index (χ1) is 7.79.